The van der Waals surface area contributed by atoms with E-state index < -0.39 is 18.2 Å². The first-order valence-electron chi connectivity index (χ1n) is 9.29. The molecular formula is C23H19BrClO6P. The Hall–Kier alpha value is -2.60. The fraction of sp³-hybridized carbons (Fsp3) is 0.130. The van der Waals surface area contributed by atoms with Gasteiger partial charge in [-0.05, 0) is 40.2 Å². The molecule has 0 aliphatic rings. The highest BCUT2D eigenvalue weighted by Gasteiger charge is 2.46. The molecule has 0 aromatic heterocycles. The minimum atomic E-state index is -4.49. The first-order chi connectivity index (χ1) is 15.3. The van der Waals surface area contributed by atoms with Gasteiger partial charge in [-0.1, -0.05) is 48.0 Å². The van der Waals surface area contributed by atoms with Crippen LogP contribution in [0.15, 0.2) is 65.1 Å². The number of methoxy groups -OCH3 is 3. The zero-order valence-electron chi connectivity index (χ0n) is 17.4. The summed E-state index contributed by atoms with van der Waals surface area (Å²) < 4.78 is 31.0. The van der Waals surface area contributed by atoms with Crippen molar-refractivity contribution in [1.82, 2.24) is 0 Å². The number of carbonyl (C=O) groups is 2. The Morgan fingerprint density at radius 2 is 1.38 bits per heavy atom. The number of carbonyl (C=O) groups excluding carboxylic acids is 2. The molecule has 0 aliphatic carbocycles. The third-order valence-corrected chi connectivity index (χ3v) is 8.37. The van der Waals surface area contributed by atoms with Crippen LogP contribution in [0.2, 0.25) is 5.02 Å². The van der Waals surface area contributed by atoms with E-state index in [9.17, 15) is 14.2 Å². The Labute approximate surface area is 198 Å². The molecule has 3 aromatic rings. The van der Waals surface area contributed by atoms with Crippen LogP contribution in [0.5, 0.6) is 17.2 Å². The molecule has 3 rings (SSSR count). The minimum Gasteiger partial charge on any atom is -0.496 e. The van der Waals surface area contributed by atoms with E-state index in [1.807, 2.05) is 0 Å². The predicted octanol–water partition coefficient (Wildman–Crippen LogP) is 5.80. The second-order valence-electron chi connectivity index (χ2n) is 6.53. The first-order valence-corrected chi connectivity index (χ1v) is 12.2. The van der Waals surface area contributed by atoms with Gasteiger partial charge in [0.05, 0.1) is 36.4 Å². The molecule has 0 saturated heterocycles. The van der Waals surface area contributed by atoms with E-state index in [1.165, 1.54) is 51.7 Å². The Kier molecular flexibility index (Phi) is 7.44. The molecule has 0 radical (unpaired) electrons. The molecular weight excluding hydrogens is 519 g/mol. The number of hydrogen-bond acceptors (Lipinski definition) is 6. The van der Waals surface area contributed by atoms with Gasteiger partial charge in [0, 0.05) is 5.30 Å². The topological polar surface area (TPSA) is 78.9 Å². The quantitative estimate of drug-likeness (QED) is 0.338. The summed E-state index contributed by atoms with van der Waals surface area (Å²) >= 11 is 9.63. The highest BCUT2D eigenvalue weighted by molar-refractivity contribution is 9.10. The molecule has 3 aromatic carbocycles. The fourth-order valence-corrected chi connectivity index (χ4v) is 6.40. The van der Waals surface area contributed by atoms with E-state index in [0.29, 0.717) is 4.47 Å². The molecule has 1 atom stereocenters. The number of ether oxygens (including phenoxy) is 3. The SMILES string of the molecule is COc1cccc(Cl)c1C(=O)P(=O)(C(=O)c1c(OC)ccc(Br)c1OC)c1ccccc1. The zero-order valence-corrected chi connectivity index (χ0v) is 20.7. The van der Waals surface area contributed by atoms with Crippen LogP contribution in [-0.2, 0) is 4.57 Å². The molecule has 0 saturated carbocycles. The fourth-order valence-electron chi connectivity index (χ4n) is 3.27. The number of hydrogen-bond donors (Lipinski definition) is 0. The molecule has 9 heteroatoms. The van der Waals surface area contributed by atoms with Crippen LogP contribution in [0.3, 0.4) is 0 Å². The molecule has 32 heavy (non-hydrogen) atoms. The van der Waals surface area contributed by atoms with Gasteiger partial charge >= 0.3 is 0 Å². The van der Waals surface area contributed by atoms with E-state index in [4.69, 9.17) is 25.8 Å². The molecule has 0 aliphatic heterocycles. The van der Waals surface area contributed by atoms with Gasteiger partial charge in [0.2, 0.25) is 18.2 Å². The van der Waals surface area contributed by atoms with Crippen molar-refractivity contribution in [2.75, 3.05) is 21.3 Å². The minimum absolute atomic E-state index is 0.0199. The van der Waals surface area contributed by atoms with Gasteiger partial charge < -0.3 is 18.8 Å². The smallest absolute Gasteiger partial charge is 0.249 e. The van der Waals surface area contributed by atoms with E-state index in [1.54, 1.807) is 30.3 Å². The summed E-state index contributed by atoms with van der Waals surface area (Å²) in [6, 6.07) is 15.6. The van der Waals surface area contributed by atoms with E-state index in [-0.39, 0.29) is 38.7 Å². The third-order valence-electron chi connectivity index (χ3n) is 4.81. The lowest BCUT2D eigenvalue weighted by Gasteiger charge is -2.21. The number of benzene rings is 3. The van der Waals surface area contributed by atoms with E-state index >= 15 is 0 Å². The van der Waals surface area contributed by atoms with Crippen molar-refractivity contribution in [3.05, 3.63) is 81.3 Å². The van der Waals surface area contributed by atoms with Gasteiger partial charge in [0.1, 0.15) is 22.8 Å². The lowest BCUT2D eigenvalue weighted by atomic mass is 10.2. The summed E-state index contributed by atoms with van der Waals surface area (Å²) in [5.74, 6) is 0.328. The van der Waals surface area contributed by atoms with Crippen LogP contribution in [0.1, 0.15) is 20.7 Å². The third kappa shape index (κ3) is 4.08. The summed E-state index contributed by atoms with van der Waals surface area (Å²) in [4.78, 5) is 27.8. The van der Waals surface area contributed by atoms with Crippen LogP contribution in [0.25, 0.3) is 0 Å². The Balaban J connectivity index is 2.36. The summed E-state index contributed by atoms with van der Waals surface area (Å²) in [6.45, 7) is 0. The molecule has 6 nitrogen and oxygen atoms in total. The van der Waals surface area contributed by atoms with Gasteiger partial charge in [-0.2, -0.15) is 0 Å². The molecule has 0 fully saturated rings. The lowest BCUT2D eigenvalue weighted by Crippen LogP contribution is -2.22. The van der Waals surface area contributed by atoms with Crippen molar-refractivity contribution in [3.63, 3.8) is 0 Å². The van der Waals surface area contributed by atoms with Crippen LogP contribution < -0.4 is 19.5 Å². The van der Waals surface area contributed by atoms with Gasteiger partial charge in [-0.15, -0.1) is 0 Å². The van der Waals surface area contributed by atoms with Crippen molar-refractivity contribution in [1.29, 1.82) is 0 Å². The predicted molar refractivity (Wildman–Crippen MR) is 128 cm³/mol. The normalized spacial score (nSPS) is 12.5. The summed E-state index contributed by atoms with van der Waals surface area (Å²) in [6.07, 6.45) is 0. The number of halogens is 2. The Morgan fingerprint density at radius 1 is 0.781 bits per heavy atom. The number of rotatable bonds is 8. The molecule has 0 spiro atoms. The van der Waals surface area contributed by atoms with Crippen LogP contribution in [0.4, 0.5) is 0 Å². The van der Waals surface area contributed by atoms with Gasteiger partial charge in [-0.3, -0.25) is 9.59 Å². The molecule has 0 bridgehead atoms. The van der Waals surface area contributed by atoms with Crippen molar-refractivity contribution >= 4 is 51.0 Å². The molecule has 0 N–H and O–H groups in total. The summed E-state index contributed by atoms with van der Waals surface area (Å²) in [5, 5.41) is 0.0764. The Morgan fingerprint density at radius 3 is 1.97 bits per heavy atom. The maximum absolute atomic E-state index is 14.5. The summed E-state index contributed by atoms with van der Waals surface area (Å²) in [5.41, 5.74) is -2.13. The van der Waals surface area contributed by atoms with Crippen LogP contribution in [0, 0.1) is 0 Å². The van der Waals surface area contributed by atoms with E-state index in [2.05, 4.69) is 15.9 Å². The lowest BCUT2D eigenvalue weighted by molar-refractivity contribution is 0.103. The highest BCUT2D eigenvalue weighted by atomic mass is 79.9. The first kappa shape index (κ1) is 24.1. The summed E-state index contributed by atoms with van der Waals surface area (Å²) in [7, 11) is -0.398. The second kappa shape index (κ2) is 9.90. The average molecular weight is 538 g/mol. The molecule has 166 valence electrons. The maximum Gasteiger partial charge on any atom is 0.249 e. The van der Waals surface area contributed by atoms with Gasteiger partial charge in [0.25, 0.3) is 0 Å². The van der Waals surface area contributed by atoms with Crippen molar-refractivity contribution < 1.29 is 28.4 Å². The van der Waals surface area contributed by atoms with Crippen molar-refractivity contribution in [2.24, 2.45) is 0 Å². The van der Waals surface area contributed by atoms with Crippen LogP contribution >= 0.6 is 34.7 Å². The standard InChI is InChI=1S/C23H19BrClO6P/c1-29-17-11-7-10-16(25)19(17)22(26)32(28,14-8-5-4-6-9-14)23(27)20-18(30-2)13-12-15(24)21(20)31-3/h4-13H,1-3H3. The van der Waals surface area contributed by atoms with Crippen LogP contribution in [-0.4, -0.2) is 32.4 Å². The second-order valence-corrected chi connectivity index (χ2v) is 10.3. The van der Waals surface area contributed by atoms with Gasteiger partial charge in [0.15, 0.2) is 0 Å². The average Bonchev–Trinajstić information content (AvgIpc) is 2.82. The largest absolute Gasteiger partial charge is 0.496 e. The van der Waals surface area contributed by atoms with Gasteiger partial charge in [-0.25, -0.2) is 0 Å². The van der Waals surface area contributed by atoms with Crippen molar-refractivity contribution in [2.45, 2.75) is 0 Å². The Bertz CT molecular complexity index is 1230. The van der Waals surface area contributed by atoms with E-state index in [0.717, 1.165) is 0 Å². The molecule has 1 unspecified atom stereocenters. The maximum atomic E-state index is 14.5. The zero-order chi connectivity index (χ0) is 23.5. The monoisotopic (exact) mass is 536 g/mol. The van der Waals surface area contributed by atoms with Crippen molar-refractivity contribution in [3.8, 4) is 17.2 Å². The molecule has 0 heterocycles. The highest BCUT2D eigenvalue weighted by Crippen LogP contribution is 2.56. The molecule has 0 amide bonds.